The van der Waals surface area contributed by atoms with Crippen molar-refractivity contribution < 1.29 is 0 Å². The second kappa shape index (κ2) is 6.80. The Balaban J connectivity index is 1.95. The van der Waals surface area contributed by atoms with Gasteiger partial charge in [0.15, 0.2) is 0 Å². The fourth-order valence-electron chi connectivity index (χ4n) is 1.53. The average molecular weight is 435 g/mol. The van der Waals surface area contributed by atoms with Gasteiger partial charge in [0, 0.05) is 32.7 Å². The molecule has 0 atom stereocenters. The van der Waals surface area contributed by atoms with Crippen LogP contribution in [0.3, 0.4) is 0 Å². The zero-order valence-electron chi connectivity index (χ0n) is 9.46. The first-order valence-corrected chi connectivity index (χ1v) is 7.79. The van der Waals surface area contributed by atoms with E-state index in [1.807, 2.05) is 24.3 Å². The molecular weight excluding hydrogens is 424 g/mol. The molecule has 0 aliphatic heterocycles. The molecule has 0 aliphatic rings. The molecule has 0 saturated carbocycles. The lowest BCUT2D eigenvalue weighted by molar-refractivity contribution is 0.675. The number of nitrogens with one attached hydrogen (secondary N) is 1. The highest BCUT2D eigenvalue weighted by molar-refractivity contribution is 9.11. The van der Waals surface area contributed by atoms with Gasteiger partial charge in [0.05, 0.1) is 5.69 Å². The van der Waals surface area contributed by atoms with Crippen molar-refractivity contribution in [2.24, 2.45) is 0 Å². The molecule has 0 unspecified atom stereocenters. The first-order valence-electron chi connectivity index (χ1n) is 5.41. The molecule has 2 nitrogen and oxygen atoms in total. The van der Waals surface area contributed by atoms with Crippen molar-refractivity contribution in [1.82, 2.24) is 10.3 Å². The fraction of sp³-hybridized carbons (Fsp3) is 0.154. The SMILES string of the molecule is Brc1cnc(CNCc2ccccc2Br)c(Br)c1. The fourth-order valence-corrected chi connectivity index (χ4v) is 3.08. The molecule has 0 fully saturated rings. The van der Waals surface area contributed by atoms with Crippen LogP contribution < -0.4 is 5.32 Å². The number of rotatable bonds is 4. The van der Waals surface area contributed by atoms with E-state index in [0.29, 0.717) is 0 Å². The molecule has 18 heavy (non-hydrogen) atoms. The normalized spacial score (nSPS) is 10.6. The number of hydrogen-bond acceptors (Lipinski definition) is 2. The van der Waals surface area contributed by atoms with E-state index in [1.54, 1.807) is 6.20 Å². The number of benzene rings is 1. The zero-order valence-corrected chi connectivity index (χ0v) is 14.2. The van der Waals surface area contributed by atoms with Crippen molar-refractivity contribution in [3.8, 4) is 0 Å². The minimum Gasteiger partial charge on any atom is -0.307 e. The standard InChI is InChI=1S/C13H11Br3N2/c14-10-5-12(16)13(18-7-10)8-17-6-9-3-1-2-4-11(9)15/h1-5,7,17H,6,8H2. The van der Waals surface area contributed by atoms with E-state index in [2.05, 4.69) is 64.2 Å². The molecule has 94 valence electrons. The van der Waals surface area contributed by atoms with E-state index >= 15 is 0 Å². The smallest absolute Gasteiger partial charge is 0.0684 e. The summed E-state index contributed by atoms with van der Waals surface area (Å²) in [6.07, 6.45) is 1.81. The van der Waals surface area contributed by atoms with Crippen molar-refractivity contribution in [2.45, 2.75) is 13.1 Å². The Hall–Kier alpha value is -0.230. The summed E-state index contributed by atoms with van der Waals surface area (Å²) in [7, 11) is 0. The van der Waals surface area contributed by atoms with Gasteiger partial charge < -0.3 is 5.32 Å². The van der Waals surface area contributed by atoms with E-state index < -0.39 is 0 Å². The third kappa shape index (κ3) is 3.88. The third-order valence-corrected chi connectivity index (χ3v) is 4.34. The number of halogens is 3. The molecule has 0 bridgehead atoms. The van der Waals surface area contributed by atoms with Gasteiger partial charge in [0.2, 0.25) is 0 Å². The monoisotopic (exact) mass is 432 g/mol. The van der Waals surface area contributed by atoms with Gasteiger partial charge in [-0.2, -0.15) is 0 Å². The Bertz CT molecular complexity index is 544. The highest BCUT2D eigenvalue weighted by Crippen LogP contribution is 2.20. The van der Waals surface area contributed by atoms with E-state index in [9.17, 15) is 0 Å². The summed E-state index contributed by atoms with van der Waals surface area (Å²) in [5.41, 5.74) is 2.25. The highest BCUT2D eigenvalue weighted by Gasteiger charge is 2.03. The lowest BCUT2D eigenvalue weighted by Gasteiger charge is -2.08. The van der Waals surface area contributed by atoms with Crippen LogP contribution in [0, 0.1) is 0 Å². The largest absolute Gasteiger partial charge is 0.307 e. The van der Waals surface area contributed by atoms with Crippen molar-refractivity contribution in [1.29, 1.82) is 0 Å². The summed E-state index contributed by atoms with van der Waals surface area (Å²) >= 11 is 10.4. The van der Waals surface area contributed by atoms with Crippen LogP contribution in [-0.2, 0) is 13.1 Å². The van der Waals surface area contributed by atoms with Crippen LogP contribution in [0.15, 0.2) is 49.9 Å². The maximum absolute atomic E-state index is 4.36. The van der Waals surface area contributed by atoms with E-state index in [-0.39, 0.29) is 0 Å². The summed E-state index contributed by atoms with van der Waals surface area (Å²) < 4.78 is 3.11. The molecule has 2 rings (SSSR count). The summed E-state index contributed by atoms with van der Waals surface area (Å²) in [5, 5.41) is 3.38. The Labute approximate surface area is 132 Å². The molecule has 2 aromatic rings. The molecule has 5 heteroatoms. The lowest BCUT2D eigenvalue weighted by atomic mass is 10.2. The number of hydrogen-bond donors (Lipinski definition) is 1. The number of nitrogens with zero attached hydrogens (tertiary/aromatic N) is 1. The van der Waals surface area contributed by atoms with E-state index in [4.69, 9.17) is 0 Å². The molecule has 1 aromatic heterocycles. The minimum atomic E-state index is 0.731. The van der Waals surface area contributed by atoms with Gasteiger partial charge in [-0.05, 0) is 49.6 Å². The Morgan fingerprint density at radius 2 is 1.78 bits per heavy atom. The Kier molecular flexibility index (Phi) is 5.36. The Morgan fingerprint density at radius 1 is 1.00 bits per heavy atom. The van der Waals surface area contributed by atoms with Crippen LogP contribution >= 0.6 is 47.8 Å². The molecule has 0 amide bonds. The quantitative estimate of drug-likeness (QED) is 0.757. The number of pyridine rings is 1. The van der Waals surface area contributed by atoms with Gasteiger partial charge in [0.25, 0.3) is 0 Å². The molecule has 0 aliphatic carbocycles. The van der Waals surface area contributed by atoms with Gasteiger partial charge in [-0.3, -0.25) is 4.98 Å². The van der Waals surface area contributed by atoms with Gasteiger partial charge >= 0.3 is 0 Å². The summed E-state index contributed by atoms with van der Waals surface area (Å²) in [4.78, 5) is 4.36. The maximum atomic E-state index is 4.36. The van der Waals surface area contributed by atoms with Crippen LogP contribution in [0.1, 0.15) is 11.3 Å². The summed E-state index contributed by atoms with van der Waals surface area (Å²) in [6, 6.07) is 10.2. The van der Waals surface area contributed by atoms with Crippen LogP contribution in [-0.4, -0.2) is 4.98 Å². The zero-order chi connectivity index (χ0) is 13.0. The average Bonchev–Trinajstić information content (AvgIpc) is 2.34. The second-order valence-electron chi connectivity index (χ2n) is 3.78. The second-order valence-corrected chi connectivity index (χ2v) is 6.40. The first-order chi connectivity index (χ1) is 8.66. The van der Waals surface area contributed by atoms with E-state index in [1.165, 1.54) is 5.56 Å². The Morgan fingerprint density at radius 3 is 2.50 bits per heavy atom. The summed E-state index contributed by atoms with van der Waals surface area (Å²) in [5.74, 6) is 0. The van der Waals surface area contributed by atoms with Crippen LogP contribution in [0.5, 0.6) is 0 Å². The van der Waals surface area contributed by atoms with Crippen LogP contribution in [0.4, 0.5) is 0 Å². The van der Waals surface area contributed by atoms with Crippen molar-refractivity contribution in [2.75, 3.05) is 0 Å². The van der Waals surface area contributed by atoms with Crippen molar-refractivity contribution >= 4 is 47.8 Å². The molecule has 1 heterocycles. The van der Waals surface area contributed by atoms with Crippen molar-refractivity contribution in [3.63, 3.8) is 0 Å². The molecule has 0 spiro atoms. The van der Waals surface area contributed by atoms with Gasteiger partial charge in [0.1, 0.15) is 0 Å². The van der Waals surface area contributed by atoms with E-state index in [0.717, 1.165) is 32.2 Å². The summed E-state index contributed by atoms with van der Waals surface area (Å²) in [6.45, 7) is 1.54. The first kappa shape index (κ1) is 14.2. The predicted octanol–water partition coefficient (Wildman–Crippen LogP) is 4.66. The van der Waals surface area contributed by atoms with Crippen LogP contribution in [0.2, 0.25) is 0 Å². The highest BCUT2D eigenvalue weighted by atomic mass is 79.9. The molecule has 1 N–H and O–H groups in total. The maximum Gasteiger partial charge on any atom is 0.0684 e. The minimum absolute atomic E-state index is 0.731. The molecular formula is C13H11Br3N2. The topological polar surface area (TPSA) is 24.9 Å². The lowest BCUT2D eigenvalue weighted by Crippen LogP contribution is -2.14. The van der Waals surface area contributed by atoms with Gasteiger partial charge in [-0.1, -0.05) is 34.1 Å². The predicted molar refractivity (Wildman–Crippen MR) is 84.3 cm³/mol. The molecule has 0 radical (unpaired) electrons. The van der Waals surface area contributed by atoms with Crippen molar-refractivity contribution in [3.05, 3.63) is 61.2 Å². The van der Waals surface area contributed by atoms with Gasteiger partial charge in [-0.15, -0.1) is 0 Å². The third-order valence-electron chi connectivity index (χ3n) is 2.45. The molecule has 1 aromatic carbocycles. The van der Waals surface area contributed by atoms with Gasteiger partial charge in [-0.25, -0.2) is 0 Å². The number of aromatic nitrogens is 1. The van der Waals surface area contributed by atoms with Crippen LogP contribution in [0.25, 0.3) is 0 Å². The molecule has 0 saturated heterocycles.